The molecule has 6 amide bonds. The third-order valence-electron chi connectivity index (χ3n) is 7.61. The number of imide groups is 2. The zero-order valence-electron chi connectivity index (χ0n) is 19.9. The summed E-state index contributed by atoms with van der Waals surface area (Å²) in [5, 5.41) is 0.127. The number of thiocarbonyl (C=S) groups is 1. The molecule has 0 aliphatic carbocycles. The van der Waals surface area contributed by atoms with Crippen LogP contribution in [0.5, 0.6) is 0 Å². The zero-order chi connectivity index (χ0) is 25.4. The predicted octanol–water partition coefficient (Wildman–Crippen LogP) is 0.847. The van der Waals surface area contributed by atoms with Crippen LogP contribution in [0.1, 0.15) is 24.0 Å². The SMILES string of the molecule is CN1C(=O)N(C)C(=O)C2(Cc3cc(C=C4C(=O)N(C)C(=S)N(C)C4=O)ccc3N3CCC[C@@H]32)C1=O. The third kappa shape index (κ3) is 3.00. The molecule has 3 fully saturated rings. The van der Waals surface area contributed by atoms with Crippen LogP contribution in [0, 0.1) is 5.41 Å². The quantitative estimate of drug-likeness (QED) is 0.246. The molecule has 4 aliphatic heterocycles. The van der Waals surface area contributed by atoms with Crippen molar-refractivity contribution in [2.24, 2.45) is 5.41 Å². The minimum Gasteiger partial charge on any atom is -0.367 e. The van der Waals surface area contributed by atoms with Crippen molar-refractivity contribution in [2.75, 3.05) is 39.6 Å². The first-order valence-electron chi connectivity index (χ1n) is 11.3. The summed E-state index contributed by atoms with van der Waals surface area (Å²) in [6, 6.07) is 4.54. The van der Waals surface area contributed by atoms with Crippen molar-refractivity contribution in [1.82, 2.24) is 19.6 Å². The monoisotopic (exact) mass is 495 g/mol. The largest absolute Gasteiger partial charge is 0.367 e. The molecule has 3 saturated heterocycles. The van der Waals surface area contributed by atoms with Gasteiger partial charge in [0.15, 0.2) is 10.5 Å². The summed E-state index contributed by atoms with van der Waals surface area (Å²) in [6.45, 7) is 0.686. The maximum absolute atomic E-state index is 13.5. The number of barbiturate groups is 1. The van der Waals surface area contributed by atoms with Gasteiger partial charge in [-0.15, -0.1) is 0 Å². The van der Waals surface area contributed by atoms with Gasteiger partial charge in [0, 0.05) is 40.4 Å². The van der Waals surface area contributed by atoms with E-state index in [0.717, 1.165) is 27.5 Å². The van der Waals surface area contributed by atoms with Crippen LogP contribution in [-0.4, -0.2) is 95.1 Å². The zero-order valence-corrected chi connectivity index (χ0v) is 20.7. The standard InChI is InChI=1S/C24H25N5O5S/c1-25-18(30)15(19(31)26(2)23(25)35)11-13-7-8-16-14(10-13)12-24(17-6-5-9-29(16)17)20(32)27(3)22(34)28(4)21(24)33/h7-8,10-11,17H,5-6,9,12H2,1-4H3/t17-/m1/s1. The minimum atomic E-state index is -1.41. The fraction of sp³-hybridized carbons (Fsp3) is 0.417. The highest BCUT2D eigenvalue weighted by molar-refractivity contribution is 7.80. The summed E-state index contributed by atoms with van der Waals surface area (Å²) in [5.41, 5.74) is 0.831. The number of hydrogen-bond acceptors (Lipinski definition) is 7. The second-order valence-corrected chi connectivity index (χ2v) is 9.83. The molecule has 1 aromatic rings. The average molecular weight is 496 g/mol. The number of hydrogen-bond donors (Lipinski definition) is 0. The first-order chi connectivity index (χ1) is 16.5. The number of benzene rings is 1. The van der Waals surface area contributed by atoms with E-state index in [4.69, 9.17) is 12.2 Å². The molecule has 0 aromatic heterocycles. The molecule has 1 aromatic carbocycles. The Hall–Kier alpha value is -3.60. The molecule has 0 unspecified atom stereocenters. The number of amides is 6. The number of likely N-dealkylation sites (N-methyl/N-ethyl adjacent to an activating group) is 2. The van der Waals surface area contributed by atoms with Crippen molar-refractivity contribution in [2.45, 2.75) is 25.3 Å². The van der Waals surface area contributed by atoms with Crippen LogP contribution < -0.4 is 4.90 Å². The van der Waals surface area contributed by atoms with Gasteiger partial charge in [0.2, 0.25) is 11.8 Å². The van der Waals surface area contributed by atoms with Crippen LogP contribution in [0.15, 0.2) is 23.8 Å². The Bertz CT molecular complexity index is 1220. The lowest BCUT2D eigenvalue weighted by Crippen LogP contribution is -2.70. The van der Waals surface area contributed by atoms with Gasteiger partial charge in [-0.25, -0.2) is 4.79 Å². The second-order valence-electron chi connectivity index (χ2n) is 9.47. The second kappa shape index (κ2) is 7.70. The molecule has 4 heterocycles. The van der Waals surface area contributed by atoms with Crippen molar-refractivity contribution >= 4 is 58.8 Å². The topological polar surface area (TPSA) is 102 Å². The molecule has 1 spiro atoms. The molecule has 0 bridgehead atoms. The molecule has 10 nitrogen and oxygen atoms in total. The van der Waals surface area contributed by atoms with E-state index >= 15 is 0 Å². The number of carbonyl (C=O) groups is 5. The molecule has 4 aliphatic rings. The van der Waals surface area contributed by atoms with E-state index in [9.17, 15) is 24.0 Å². The van der Waals surface area contributed by atoms with Crippen molar-refractivity contribution in [3.63, 3.8) is 0 Å². The number of nitrogens with zero attached hydrogens (tertiary/aromatic N) is 5. The van der Waals surface area contributed by atoms with Gasteiger partial charge in [-0.1, -0.05) is 6.07 Å². The van der Waals surface area contributed by atoms with E-state index in [0.29, 0.717) is 18.5 Å². The summed E-state index contributed by atoms with van der Waals surface area (Å²) >= 11 is 5.15. The van der Waals surface area contributed by atoms with E-state index in [1.54, 1.807) is 0 Å². The summed E-state index contributed by atoms with van der Waals surface area (Å²) in [6.07, 6.45) is 3.13. The molecule has 11 heteroatoms. The summed E-state index contributed by atoms with van der Waals surface area (Å²) in [4.78, 5) is 71.6. The Morgan fingerprint density at radius 2 is 1.51 bits per heavy atom. The third-order valence-corrected chi connectivity index (χ3v) is 8.15. The number of carbonyl (C=O) groups excluding carboxylic acids is 5. The van der Waals surface area contributed by atoms with Crippen LogP contribution in [-0.2, 0) is 25.6 Å². The molecular weight excluding hydrogens is 470 g/mol. The maximum atomic E-state index is 13.5. The van der Waals surface area contributed by atoms with Gasteiger partial charge in [0.1, 0.15) is 5.57 Å². The normalized spacial score (nSPS) is 24.1. The highest BCUT2D eigenvalue weighted by atomic mass is 32.1. The number of fused-ring (bicyclic) bond motifs is 4. The van der Waals surface area contributed by atoms with Gasteiger partial charge in [-0.2, -0.15) is 0 Å². The van der Waals surface area contributed by atoms with Crippen molar-refractivity contribution in [3.8, 4) is 0 Å². The van der Waals surface area contributed by atoms with E-state index in [2.05, 4.69) is 4.90 Å². The molecule has 0 radical (unpaired) electrons. The van der Waals surface area contributed by atoms with Gasteiger partial charge in [0.05, 0.1) is 6.04 Å². The Morgan fingerprint density at radius 3 is 2.11 bits per heavy atom. The van der Waals surface area contributed by atoms with E-state index < -0.39 is 35.1 Å². The summed E-state index contributed by atoms with van der Waals surface area (Å²) in [7, 11) is 5.84. The smallest absolute Gasteiger partial charge is 0.332 e. The van der Waals surface area contributed by atoms with Gasteiger partial charge in [0.25, 0.3) is 11.8 Å². The molecule has 0 saturated carbocycles. The van der Waals surface area contributed by atoms with E-state index in [1.165, 1.54) is 44.1 Å². The van der Waals surface area contributed by atoms with Crippen molar-refractivity contribution in [1.29, 1.82) is 0 Å². The maximum Gasteiger partial charge on any atom is 0.332 e. The number of rotatable bonds is 1. The highest BCUT2D eigenvalue weighted by Gasteiger charge is 2.63. The minimum absolute atomic E-state index is 0.0250. The Labute approximate surface area is 207 Å². The Kier molecular flexibility index (Phi) is 5.10. The number of anilines is 1. The lowest BCUT2D eigenvalue weighted by molar-refractivity contribution is -0.159. The van der Waals surface area contributed by atoms with Crippen LogP contribution in [0.25, 0.3) is 6.08 Å². The van der Waals surface area contributed by atoms with Gasteiger partial charge in [-0.05, 0) is 60.8 Å². The molecule has 35 heavy (non-hydrogen) atoms. The van der Waals surface area contributed by atoms with Crippen molar-refractivity contribution in [3.05, 3.63) is 34.9 Å². The molecular formula is C24H25N5O5S. The first kappa shape index (κ1) is 23.2. The summed E-state index contributed by atoms with van der Waals surface area (Å²) < 4.78 is 0. The predicted molar refractivity (Wildman–Crippen MR) is 130 cm³/mol. The Morgan fingerprint density at radius 1 is 0.914 bits per heavy atom. The molecule has 0 N–H and O–H groups in total. The molecule has 182 valence electrons. The highest BCUT2D eigenvalue weighted by Crippen LogP contribution is 2.49. The van der Waals surface area contributed by atoms with Crippen molar-refractivity contribution < 1.29 is 24.0 Å². The lowest BCUT2D eigenvalue weighted by atomic mass is 9.68. The first-order valence-corrected chi connectivity index (χ1v) is 11.7. The fourth-order valence-electron chi connectivity index (χ4n) is 5.77. The van der Waals surface area contributed by atoms with Gasteiger partial charge < -0.3 is 4.90 Å². The van der Waals surface area contributed by atoms with Crippen LogP contribution >= 0.6 is 12.2 Å². The van der Waals surface area contributed by atoms with Gasteiger partial charge in [-0.3, -0.25) is 38.8 Å². The lowest BCUT2D eigenvalue weighted by Gasteiger charge is -2.50. The fourth-order valence-corrected chi connectivity index (χ4v) is 5.94. The Balaban J connectivity index is 1.60. The molecule has 5 rings (SSSR count). The van der Waals surface area contributed by atoms with E-state index in [1.807, 2.05) is 18.2 Å². The van der Waals surface area contributed by atoms with Crippen LogP contribution in [0.3, 0.4) is 0 Å². The number of urea groups is 1. The van der Waals surface area contributed by atoms with Gasteiger partial charge >= 0.3 is 6.03 Å². The average Bonchev–Trinajstić information content (AvgIpc) is 3.36. The summed E-state index contributed by atoms with van der Waals surface area (Å²) in [5.74, 6) is -1.98. The van der Waals surface area contributed by atoms with E-state index in [-0.39, 0.29) is 23.1 Å². The molecule has 1 atom stereocenters. The van der Waals surface area contributed by atoms with Crippen LogP contribution in [0.2, 0.25) is 0 Å². The van der Waals surface area contributed by atoms with Crippen LogP contribution in [0.4, 0.5) is 10.5 Å².